The van der Waals surface area contributed by atoms with Crippen LogP contribution in [-0.2, 0) is 25.8 Å². The van der Waals surface area contributed by atoms with Crippen LogP contribution < -0.4 is 0 Å². The number of H-pyrrole nitrogens is 1. The molecule has 8 heteroatoms. The van der Waals surface area contributed by atoms with E-state index in [1.54, 1.807) is 6.20 Å². The Hall–Kier alpha value is -4.20. The Kier molecular flexibility index (Phi) is 6.98. The minimum absolute atomic E-state index is 0.554. The van der Waals surface area contributed by atoms with Crippen molar-refractivity contribution in [1.82, 2.24) is 40.4 Å². The maximum atomic E-state index is 4.92. The first-order valence-corrected chi connectivity index (χ1v) is 12.0. The first-order valence-electron chi connectivity index (χ1n) is 12.0. The zero-order valence-corrected chi connectivity index (χ0v) is 19.8. The normalized spacial score (nSPS) is 11.1. The predicted octanol–water partition coefficient (Wildman–Crippen LogP) is 4.70. The number of aromatic amines is 1. The van der Waals surface area contributed by atoms with E-state index in [1.807, 2.05) is 18.3 Å². The SMILES string of the molecule is CCCCn1nc(CCc2ccccc2)nc1Cc1ccc(-c2cnccc2-c2nn[nH]n2)cc1. The Bertz CT molecular complexity index is 1340. The molecule has 8 nitrogen and oxygen atoms in total. The van der Waals surface area contributed by atoms with Gasteiger partial charge >= 0.3 is 0 Å². The molecule has 1 N–H and O–H groups in total. The number of nitrogens with one attached hydrogen (secondary N) is 1. The lowest BCUT2D eigenvalue weighted by Gasteiger charge is -2.08. The van der Waals surface area contributed by atoms with E-state index in [4.69, 9.17) is 10.1 Å². The van der Waals surface area contributed by atoms with Gasteiger partial charge < -0.3 is 0 Å². The summed E-state index contributed by atoms with van der Waals surface area (Å²) in [4.78, 5) is 9.21. The van der Waals surface area contributed by atoms with Crippen LogP contribution in [0.4, 0.5) is 0 Å². The molecule has 0 aliphatic carbocycles. The molecule has 0 saturated heterocycles. The van der Waals surface area contributed by atoms with Crippen molar-refractivity contribution in [3.63, 3.8) is 0 Å². The van der Waals surface area contributed by atoms with Gasteiger partial charge in [-0.2, -0.15) is 10.3 Å². The molecule has 3 aromatic heterocycles. The molecule has 2 aromatic carbocycles. The van der Waals surface area contributed by atoms with Gasteiger partial charge in [0.05, 0.1) is 0 Å². The average Bonchev–Trinajstić information content (AvgIpc) is 3.58. The van der Waals surface area contributed by atoms with Crippen molar-refractivity contribution >= 4 is 0 Å². The Morgan fingerprint density at radius 1 is 0.886 bits per heavy atom. The lowest BCUT2D eigenvalue weighted by molar-refractivity contribution is 0.545. The molecular weight excluding hydrogens is 436 g/mol. The van der Waals surface area contributed by atoms with Gasteiger partial charge in [-0.3, -0.25) is 4.98 Å². The van der Waals surface area contributed by atoms with Crippen LogP contribution >= 0.6 is 0 Å². The quantitative estimate of drug-likeness (QED) is 0.322. The summed E-state index contributed by atoms with van der Waals surface area (Å²) < 4.78 is 2.09. The molecule has 5 rings (SSSR count). The number of aromatic nitrogens is 8. The summed E-state index contributed by atoms with van der Waals surface area (Å²) in [6, 6.07) is 20.9. The largest absolute Gasteiger partial charge is 0.264 e. The minimum atomic E-state index is 0.554. The summed E-state index contributed by atoms with van der Waals surface area (Å²) in [7, 11) is 0. The molecule has 0 unspecified atom stereocenters. The molecule has 3 heterocycles. The number of aryl methyl sites for hydroxylation is 3. The van der Waals surface area contributed by atoms with Crippen molar-refractivity contribution in [3.8, 4) is 22.5 Å². The second-order valence-electron chi connectivity index (χ2n) is 8.54. The van der Waals surface area contributed by atoms with Crippen molar-refractivity contribution in [3.05, 3.63) is 95.8 Å². The van der Waals surface area contributed by atoms with Crippen LogP contribution in [0.25, 0.3) is 22.5 Å². The molecule has 0 radical (unpaired) electrons. The highest BCUT2D eigenvalue weighted by molar-refractivity contribution is 5.79. The second kappa shape index (κ2) is 10.8. The topological polar surface area (TPSA) is 98.1 Å². The Morgan fingerprint density at radius 2 is 1.74 bits per heavy atom. The van der Waals surface area contributed by atoms with Crippen LogP contribution in [0.5, 0.6) is 0 Å². The van der Waals surface area contributed by atoms with Crippen molar-refractivity contribution < 1.29 is 0 Å². The number of nitrogens with zero attached hydrogens (tertiary/aromatic N) is 7. The maximum Gasteiger partial charge on any atom is 0.205 e. The highest BCUT2D eigenvalue weighted by Gasteiger charge is 2.13. The summed E-state index contributed by atoms with van der Waals surface area (Å²) >= 11 is 0. The zero-order valence-electron chi connectivity index (χ0n) is 19.8. The molecule has 0 aliphatic heterocycles. The third-order valence-electron chi connectivity index (χ3n) is 6.03. The monoisotopic (exact) mass is 464 g/mol. The van der Waals surface area contributed by atoms with Crippen LogP contribution in [0.1, 0.15) is 42.5 Å². The van der Waals surface area contributed by atoms with Gasteiger partial charge in [-0.1, -0.05) is 67.9 Å². The summed E-state index contributed by atoms with van der Waals surface area (Å²) in [6.45, 7) is 3.10. The van der Waals surface area contributed by atoms with E-state index in [2.05, 4.69) is 85.7 Å². The van der Waals surface area contributed by atoms with Crippen LogP contribution in [0.2, 0.25) is 0 Å². The fourth-order valence-corrected chi connectivity index (χ4v) is 4.13. The summed E-state index contributed by atoms with van der Waals surface area (Å²) in [5.41, 5.74) is 5.42. The van der Waals surface area contributed by atoms with E-state index in [0.717, 1.165) is 67.0 Å². The van der Waals surface area contributed by atoms with Crippen LogP contribution in [0, 0.1) is 0 Å². The van der Waals surface area contributed by atoms with Gasteiger partial charge in [0.25, 0.3) is 0 Å². The van der Waals surface area contributed by atoms with Crippen molar-refractivity contribution in [1.29, 1.82) is 0 Å². The van der Waals surface area contributed by atoms with E-state index in [-0.39, 0.29) is 0 Å². The standard InChI is InChI=1S/C27H28N8/c1-2-3-17-35-26(29-25(32-35)14-11-20-7-5-4-6-8-20)18-21-9-12-22(13-10-21)24-19-28-16-15-23(24)27-30-33-34-31-27/h4-10,12-13,15-16,19H,2-3,11,14,17-18H2,1H3,(H,30,31,33,34). The first-order chi connectivity index (χ1) is 17.3. The van der Waals surface area contributed by atoms with Crippen LogP contribution in [-0.4, -0.2) is 40.4 Å². The number of hydrogen-bond acceptors (Lipinski definition) is 6. The van der Waals surface area contributed by atoms with Crippen LogP contribution in [0.15, 0.2) is 73.1 Å². The first kappa shape index (κ1) is 22.6. The highest BCUT2D eigenvalue weighted by atomic mass is 15.5. The Morgan fingerprint density at radius 3 is 2.51 bits per heavy atom. The molecule has 0 bridgehead atoms. The lowest BCUT2D eigenvalue weighted by Crippen LogP contribution is -2.06. The third kappa shape index (κ3) is 5.48. The van der Waals surface area contributed by atoms with E-state index < -0.39 is 0 Å². The smallest absolute Gasteiger partial charge is 0.205 e. The molecule has 35 heavy (non-hydrogen) atoms. The molecule has 5 aromatic rings. The zero-order chi connectivity index (χ0) is 23.9. The minimum Gasteiger partial charge on any atom is -0.264 e. The molecule has 0 spiro atoms. The third-order valence-corrected chi connectivity index (χ3v) is 6.03. The summed E-state index contributed by atoms with van der Waals surface area (Å²) in [6.07, 6.45) is 8.32. The van der Waals surface area contributed by atoms with E-state index >= 15 is 0 Å². The fraction of sp³-hybridized carbons (Fsp3) is 0.259. The Balaban J connectivity index is 1.34. The molecule has 0 saturated carbocycles. The highest BCUT2D eigenvalue weighted by Crippen LogP contribution is 2.29. The molecular formula is C27H28N8. The van der Waals surface area contributed by atoms with Gasteiger partial charge in [-0.05, 0) is 40.8 Å². The maximum absolute atomic E-state index is 4.92. The second-order valence-corrected chi connectivity index (χ2v) is 8.54. The van der Waals surface area contributed by atoms with E-state index in [1.165, 1.54) is 11.1 Å². The number of benzene rings is 2. The molecule has 0 atom stereocenters. The van der Waals surface area contributed by atoms with Gasteiger partial charge in [0, 0.05) is 42.9 Å². The molecule has 176 valence electrons. The number of pyridine rings is 1. The number of hydrogen-bond donors (Lipinski definition) is 1. The molecule has 0 aliphatic rings. The number of rotatable bonds is 10. The number of unbranched alkanes of at least 4 members (excludes halogenated alkanes) is 1. The van der Waals surface area contributed by atoms with Crippen LogP contribution in [0.3, 0.4) is 0 Å². The molecule has 0 amide bonds. The van der Waals surface area contributed by atoms with Gasteiger partial charge in [-0.25, -0.2) is 9.67 Å². The average molecular weight is 465 g/mol. The fourth-order valence-electron chi connectivity index (χ4n) is 4.13. The number of tetrazole rings is 1. The lowest BCUT2D eigenvalue weighted by atomic mass is 9.99. The predicted molar refractivity (Wildman–Crippen MR) is 134 cm³/mol. The summed E-state index contributed by atoms with van der Waals surface area (Å²) in [5, 5.41) is 19.3. The molecule has 0 fully saturated rings. The van der Waals surface area contributed by atoms with Gasteiger partial charge in [-0.15, -0.1) is 10.2 Å². The van der Waals surface area contributed by atoms with E-state index in [9.17, 15) is 0 Å². The van der Waals surface area contributed by atoms with E-state index in [0.29, 0.717) is 5.82 Å². The summed E-state index contributed by atoms with van der Waals surface area (Å²) in [5.74, 6) is 2.48. The Labute approximate surface area is 204 Å². The van der Waals surface area contributed by atoms with Gasteiger partial charge in [0.15, 0.2) is 5.82 Å². The van der Waals surface area contributed by atoms with Crippen molar-refractivity contribution in [2.75, 3.05) is 0 Å². The van der Waals surface area contributed by atoms with Crippen molar-refractivity contribution in [2.24, 2.45) is 0 Å². The van der Waals surface area contributed by atoms with Gasteiger partial charge in [0.2, 0.25) is 5.82 Å². The van der Waals surface area contributed by atoms with Crippen molar-refractivity contribution in [2.45, 2.75) is 45.6 Å². The van der Waals surface area contributed by atoms with Gasteiger partial charge in [0.1, 0.15) is 5.82 Å².